The summed E-state index contributed by atoms with van der Waals surface area (Å²) in [5, 5.41) is 12.6. The van der Waals surface area contributed by atoms with Crippen molar-refractivity contribution in [1.29, 1.82) is 0 Å². The van der Waals surface area contributed by atoms with Crippen molar-refractivity contribution in [2.24, 2.45) is 0 Å². The zero-order chi connectivity index (χ0) is 14.8. The van der Waals surface area contributed by atoms with Crippen LogP contribution in [0.15, 0.2) is 46.0 Å². The highest BCUT2D eigenvalue weighted by Gasteiger charge is 2.07. The van der Waals surface area contributed by atoms with E-state index >= 15 is 0 Å². The van der Waals surface area contributed by atoms with Gasteiger partial charge in [-0.3, -0.25) is 0 Å². The molecule has 1 heterocycles. The number of aromatic nitrogens is 1. The van der Waals surface area contributed by atoms with Gasteiger partial charge in [0.2, 0.25) is 0 Å². The third-order valence-corrected chi connectivity index (χ3v) is 4.26. The fraction of sp³-hybridized carbons (Fsp3) is 0.154. The van der Waals surface area contributed by atoms with Crippen LogP contribution in [0.4, 0.5) is 5.69 Å². The van der Waals surface area contributed by atoms with E-state index in [4.69, 9.17) is 0 Å². The van der Waals surface area contributed by atoms with Crippen LogP contribution in [-0.2, 0) is 16.4 Å². The number of hydrogen-bond acceptors (Lipinski definition) is 5. The lowest BCUT2D eigenvalue weighted by atomic mass is 10.2. The van der Waals surface area contributed by atoms with E-state index in [9.17, 15) is 13.5 Å². The first kappa shape index (κ1) is 14.8. The van der Waals surface area contributed by atoms with Crippen LogP contribution in [0.5, 0.6) is 5.75 Å². The van der Waals surface area contributed by atoms with Gasteiger partial charge >= 0.3 is 0 Å². The van der Waals surface area contributed by atoms with Crippen molar-refractivity contribution >= 4 is 31.5 Å². The van der Waals surface area contributed by atoms with Crippen molar-refractivity contribution in [1.82, 2.24) is 4.98 Å². The van der Waals surface area contributed by atoms with Gasteiger partial charge < -0.3 is 10.4 Å². The van der Waals surface area contributed by atoms with Crippen LogP contribution in [0, 0.1) is 0 Å². The molecular weight excluding hydrogens is 344 g/mol. The molecule has 0 unspecified atom stereocenters. The molecule has 2 aromatic rings. The minimum absolute atomic E-state index is 0.0513. The van der Waals surface area contributed by atoms with Crippen LogP contribution in [-0.4, -0.2) is 24.8 Å². The largest absolute Gasteiger partial charge is 0.507 e. The van der Waals surface area contributed by atoms with Crippen LogP contribution in [0.3, 0.4) is 0 Å². The number of benzene rings is 1. The fourth-order valence-corrected chi connectivity index (χ4v) is 2.55. The number of phenols is 1. The van der Waals surface area contributed by atoms with Crippen molar-refractivity contribution in [2.75, 3.05) is 11.6 Å². The van der Waals surface area contributed by atoms with Gasteiger partial charge in [0.15, 0.2) is 14.9 Å². The van der Waals surface area contributed by atoms with Crippen molar-refractivity contribution in [3.05, 3.63) is 46.6 Å². The van der Waals surface area contributed by atoms with Gasteiger partial charge in [0.1, 0.15) is 5.75 Å². The monoisotopic (exact) mass is 356 g/mol. The van der Waals surface area contributed by atoms with Crippen molar-refractivity contribution in [3.63, 3.8) is 0 Å². The summed E-state index contributed by atoms with van der Waals surface area (Å²) in [5.41, 5.74) is 1.70. The molecule has 0 bridgehead atoms. The van der Waals surface area contributed by atoms with E-state index < -0.39 is 9.84 Å². The highest BCUT2D eigenvalue weighted by Crippen LogP contribution is 2.24. The average molecular weight is 357 g/mol. The second-order valence-electron chi connectivity index (χ2n) is 4.30. The molecule has 0 amide bonds. The van der Waals surface area contributed by atoms with Crippen LogP contribution >= 0.6 is 15.9 Å². The maximum absolute atomic E-state index is 11.3. The van der Waals surface area contributed by atoms with E-state index in [0.29, 0.717) is 11.0 Å². The molecule has 0 fully saturated rings. The van der Waals surface area contributed by atoms with E-state index in [1.54, 1.807) is 24.3 Å². The van der Waals surface area contributed by atoms with Crippen LogP contribution < -0.4 is 5.32 Å². The van der Waals surface area contributed by atoms with E-state index in [2.05, 4.69) is 26.2 Å². The van der Waals surface area contributed by atoms with Crippen LogP contribution in [0.2, 0.25) is 0 Å². The van der Waals surface area contributed by atoms with E-state index in [-0.39, 0.29) is 10.8 Å². The summed E-state index contributed by atoms with van der Waals surface area (Å²) in [6, 6.07) is 8.33. The molecule has 0 saturated heterocycles. The zero-order valence-electron chi connectivity index (χ0n) is 10.7. The molecule has 0 spiro atoms. The Morgan fingerprint density at radius 1 is 1.30 bits per heavy atom. The Morgan fingerprint density at radius 2 is 2.05 bits per heavy atom. The number of hydrogen-bond donors (Lipinski definition) is 2. The fourth-order valence-electron chi connectivity index (χ4n) is 1.57. The van der Waals surface area contributed by atoms with Gasteiger partial charge in [-0.2, -0.15) is 0 Å². The Morgan fingerprint density at radius 3 is 2.60 bits per heavy atom. The average Bonchev–Trinajstić information content (AvgIpc) is 2.40. The highest BCUT2D eigenvalue weighted by atomic mass is 79.9. The summed E-state index contributed by atoms with van der Waals surface area (Å²) in [7, 11) is -3.27. The smallest absolute Gasteiger partial charge is 0.192 e. The number of nitrogens with zero attached hydrogens (tertiary/aromatic N) is 1. The Bertz CT molecular complexity index is 715. The number of phenolic OH excluding ortho intramolecular Hbond substituents is 1. The molecule has 0 aliphatic carbocycles. The molecule has 2 rings (SSSR count). The lowest BCUT2D eigenvalue weighted by Gasteiger charge is -2.07. The summed E-state index contributed by atoms with van der Waals surface area (Å²) in [5.74, 6) is 0.188. The first-order valence-corrected chi connectivity index (χ1v) is 8.42. The number of rotatable bonds is 4. The maximum Gasteiger partial charge on any atom is 0.192 e. The van der Waals surface area contributed by atoms with Crippen LogP contribution in [0.25, 0.3) is 0 Å². The van der Waals surface area contributed by atoms with Crippen LogP contribution in [0.1, 0.15) is 5.56 Å². The molecule has 1 aromatic carbocycles. The number of pyridine rings is 1. The molecule has 20 heavy (non-hydrogen) atoms. The molecule has 0 atom stereocenters. The third kappa shape index (κ3) is 3.71. The normalized spacial score (nSPS) is 11.3. The molecule has 1 aromatic heterocycles. The summed E-state index contributed by atoms with van der Waals surface area (Å²) >= 11 is 3.25. The molecule has 7 heteroatoms. The third-order valence-electron chi connectivity index (χ3n) is 2.62. The SMILES string of the molecule is CS(=O)(=O)c1ccc(NCc2ccc(O)c(Br)c2)cn1. The van der Waals surface area contributed by atoms with Gasteiger partial charge in [-0.1, -0.05) is 6.07 Å². The molecular formula is C13H13BrN2O3S. The van der Waals surface area contributed by atoms with E-state index in [1.165, 1.54) is 12.3 Å². The highest BCUT2D eigenvalue weighted by molar-refractivity contribution is 9.10. The summed E-state index contributed by atoms with van der Waals surface area (Å²) in [6.07, 6.45) is 2.60. The molecule has 0 saturated carbocycles. The Labute approximate surface area is 125 Å². The lowest BCUT2D eigenvalue weighted by Crippen LogP contribution is -2.03. The number of aromatic hydroxyl groups is 1. The molecule has 0 radical (unpaired) electrons. The molecule has 106 valence electrons. The number of nitrogens with one attached hydrogen (secondary N) is 1. The maximum atomic E-state index is 11.3. The first-order valence-electron chi connectivity index (χ1n) is 5.73. The quantitative estimate of drug-likeness (QED) is 0.879. The second kappa shape index (κ2) is 5.80. The van der Waals surface area contributed by atoms with Gasteiger partial charge in [-0.05, 0) is 45.8 Å². The zero-order valence-corrected chi connectivity index (χ0v) is 13.1. The van der Waals surface area contributed by atoms with Crippen molar-refractivity contribution in [2.45, 2.75) is 11.6 Å². The van der Waals surface area contributed by atoms with Crippen molar-refractivity contribution in [3.8, 4) is 5.75 Å². The van der Waals surface area contributed by atoms with Gasteiger partial charge in [0.25, 0.3) is 0 Å². The number of sulfone groups is 1. The first-order chi connectivity index (χ1) is 9.36. The molecule has 0 aliphatic rings. The Balaban J connectivity index is 2.06. The predicted octanol–water partition coefficient (Wildman–Crippen LogP) is 2.57. The van der Waals surface area contributed by atoms with Crippen molar-refractivity contribution < 1.29 is 13.5 Å². The lowest BCUT2D eigenvalue weighted by molar-refractivity contribution is 0.471. The van der Waals surface area contributed by atoms with E-state index in [1.807, 2.05) is 0 Å². The molecule has 2 N–H and O–H groups in total. The topological polar surface area (TPSA) is 79.3 Å². The summed E-state index contributed by atoms with van der Waals surface area (Å²) in [6.45, 7) is 0.540. The Kier molecular flexibility index (Phi) is 4.29. The minimum atomic E-state index is -3.27. The van der Waals surface area contributed by atoms with Gasteiger partial charge in [0, 0.05) is 12.8 Å². The molecule has 0 aliphatic heterocycles. The summed E-state index contributed by atoms with van der Waals surface area (Å²) in [4.78, 5) is 3.89. The minimum Gasteiger partial charge on any atom is -0.507 e. The van der Waals surface area contributed by atoms with Gasteiger partial charge in [0.05, 0.1) is 16.4 Å². The molecule has 5 nitrogen and oxygen atoms in total. The second-order valence-corrected chi connectivity index (χ2v) is 7.11. The number of halogens is 1. The number of anilines is 1. The summed E-state index contributed by atoms with van der Waals surface area (Å²) < 4.78 is 23.2. The van der Waals surface area contributed by atoms with Gasteiger partial charge in [-0.25, -0.2) is 13.4 Å². The predicted molar refractivity (Wildman–Crippen MR) is 80.5 cm³/mol. The Hall–Kier alpha value is -1.60. The van der Waals surface area contributed by atoms with E-state index in [0.717, 1.165) is 17.5 Å². The standard InChI is InChI=1S/C13H13BrN2O3S/c1-20(18,19)13-5-3-10(8-16-13)15-7-9-2-4-12(17)11(14)6-9/h2-6,8,15,17H,7H2,1H3. The van der Waals surface area contributed by atoms with Gasteiger partial charge in [-0.15, -0.1) is 0 Å².